The molecule has 6 nitrogen and oxygen atoms in total. The maximum absolute atomic E-state index is 12.1. The van der Waals surface area contributed by atoms with E-state index in [-0.39, 0.29) is 6.04 Å². The number of amides is 1. The fraction of sp³-hybridized carbons (Fsp3) is 0.933. The smallest absolute Gasteiger partial charge is 0.236 e. The summed E-state index contributed by atoms with van der Waals surface area (Å²) in [6, 6.07) is -0.0334. The highest BCUT2D eigenvalue weighted by Crippen LogP contribution is 2.23. The van der Waals surface area contributed by atoms with Crippen LogP contribution in [-0.2, 0) is 14.8 Å². The van der Waals surface area contributed by atoms with Gasteiger partial charge in [-0.05, 0) is 44.4 Å². The van der Waals surface area contributed by atoms with Crippen LogP contribution in [0.15, 0.2) is 0 Å². The van der Waals surface area contributed by atoms with Gasteiger partial charge in [-0.3, -0.25) is 4.79 Å². The first kappa shape index (κ1) is 19.4. The van der Waals surface area contributed by atoms with Crippen molar-refractivity contribution in [1.82, 2.24) is 10.0 Å². The number of hydrogen-bond acceptors (Lipinski definition) is 4. The molecule has 1 rings (SSSR count). The molecule has 0 heterocycles. The van der Waals surface area contributed by atoms with Crippen molar-refractivity contribution in [3.63, 3.8) is 0 Å². The zero-order valence-corrected chi connectivity index (χ0v) is 14.8. The van der Waals surface area contributed by atoms with Crippen LogP contribution in [0.1, 0.15) is 59.3 Å². The van der Waals surface area contributed by atoms with Gasteiger partial charge in [-0.2, -0.15) is 0 Å². The van der Waals surface area contributed by atoms with Crippen LogP contribution in [0.2, 0.25) is 0 Å². The van der Waals surface area contributed by atoms with Gasteiger partial charge in [0.05, 0.1) is 0 Å². The molecule has 0 radical (unpaired) electrons. The third-order valence-electron chi connectivity index (χ3n) is 4.73. The molecule has 7 heteroatoms. The highest BCUT2D eigenvalue weighted by atomic mass is 32.2. The number of carbonyl (C=O) groups is 1. The Hall–Kier alpha value is -0.660. The van der Waals surface area contributed by atoms with Crippen LogP contribution in [0.3, 0.4) is 0 Å². The molecule has 1 amide bonds. The fourth-order valence-electron chi connectivity index (χ4n) is 2.67. The summed E-state index contributed by atoms with van der Waals surface area (Å²) >= 11 is 0. The summed E-state index contributed by atoms with van der Waals surface area (Å²) in [5, 5.41) is 2.64. The van der Waals surface area contributed by atoms with Gasteiger partial charge in [0.15, 0.2) is 0 Å². The average molecular weight is 333 g/mol. The van der Waals surface area contributed by atoms with Gasteiger partial charge in [0.2, 0.25) is 15.9 Å². The van der Waals surface area contributed by atoms with Gasteiger partial charge < -0.3 is 11.1 Å². The predicted molar refractivity (Wildman–Crippen MR) is 88.9 cm³/mol. The van der Waals surface area contributed by atoms with E-state index in [1.807, 2.05) is 13.8 Å². The average Bonchev–Trinajstić information content (AvgIpc) is 2.46. The first-order valence-corrected chi connectivity index (χ1v) is 9.90. The maximum Gasteiger partial charge on any atom is 0.236 e. The number of nitrogens with two attached hydrogens (primary N) is 1. The molecule has 0 atom stereocenters. The molecule has 1 aliphatic rings. The third kappa shape index (κ3) is 6.62. The summed E-state index contributed by atoms with van der Waals surface area (Å²) < 4.78 is 26.8. The second kappa shape index (κ2) is 8.26. The summed E-state index contributed by atoms with van der Waals surface area (Å²) in [6.07, 6.45) is 5.22. The summed E-state index contributed by atoms with van der Waals surface area (Å²) in [4.78, 5) is 11.8. The second-order valence-corrected chi connectivity index (χ2v) is 8.43. The van der Waals surface area contributed by atoms with E-state index in [4.69, 9.17) is 5.73 Å². The molecule has 0 saturated heterocycles. The zero-order chi connectivity index (χ0) is 16.8. The molecule has 130 valence electrons. The largest absolute Gasteiger partial charge is 0.353 e. The first-order chi connectivity index (χ1) is 10.2. The number of carbonyl (C=O) groups excluding carboxylic acids is 1. The quantitative estimate of drug-likeness (QED) is 0.619. The summed E-state index contributed by atoms with van der Waals surface area (Å²) in [6.45, 7) is 6.39. The van der Waals surface area contributed by atoms with Crippen LogP contribution in [0.25, 0.3) is 0 Å². The molecule has 0 aromatic heterocycles. The molecular formula is C15H31N3O3S. The van der Waals surface area contributed by atoms with Crippen LogP contribution in [0, 0.1) is 5.92 Å². The van der Waals surface area contributed by atoms with Crippen LogP contribution >= 0.6 is 0 Å². The topological polar surface area (TPSA) is 101 Å². The highest BCUT2D eigenvalue weighted by Gasteiger charge is 2.26. The Bertz CT molecular complexity index is 453. The number of hydrogen-bond donors (Lipinski definition) is 3. The van der Waals surface area contributed by atoms with Crippen LogP contribution < -0.4 is 15.8 Å². The van der Waals surface area contributed by atoms with Crippen molar-refractivity contribution in [2.24, 2.45) is 11.7 Å². The van der Waals surface area contributed by atoms with Crippen molar-refractivity contribution in [2.45, 2.75) is 70.9 Å². The lowest BCUT2D eigenvalue weighted by Gasteiger charge is -2.27. The standard InChI is InChI=1S/C15H31N3O3S/c1-4-15(16,5-2)11-17-14(19)10-22(20,21)18-13-8-6-12(3)7-9-13/h12-13,18H,4-11,16H2,1-3H3,(H,17,19). The second-order valence-electron chi connectivity index (χ2n) is 6.68. The van der Waals surface area contributed by atoms with E-state index < -0.39 is 27.2 Å². The normalized spacial score (nSPS) is 23.3. The Morgan fingerprint density at radius 1 is 1.18 bits per heavy atom. The summed E-state index contributed by atoms with van der Waals surface area (Å²) in [5.41, 5.74) is 5.63. The van der Waals surface area contributed by atoms with Crippen LogP contribution in [-0.4, -0.2) is 38.2 Å². The Morgan fingerprint density at radius 2 is 1.73 bits per heavy atom. The van der Waals surface area contributed by atoms with Crippen LogP contribution in [0.5, 0.6) is 0 Å². The third-order valence-corrected chi connectivity index (χ3v) is 6.06. The van der Waals surface area contributed by atoms with E-state index in [9.17, 15) is 13.2 Å². The number of sulfonamides is 1. The van der Waals surface area contributed by atoms with E-state index in [0.29, 0.717) is 12.5 Å². The van der Waals surface area contributed by atoms with Gasteiger partial charge in [0.25, 0.3) is 0 Å². The summed E-state index contributed by atoms with van der Waals surface area (Å²) in [7, 11) is -3.58. The SMILES string of the molecule is CCC(N)(CC)CNC(=O)CS(=O)(=O)NC1CCC(C)CC1. The lowest BCUT2D eigenvalue weighted by Crippen LogP contribution is -2.51. The molecule has 0 bridgehead atoms. The van der Waals surface area contributed by atoms with Crippen molar-refractivity contribution in [3.05, 3.63) is 0 Å². The minimum atomic E-state index is -3.58. The van der Waals surface area contributed by atoms with Gasteiger partial charge >= 0.3 is 0 Å². The highest BCUT2D eigenvalue weighted by molar-refractivity contribution is 7.90. The fourth-order valence-corrected chi connectivity index (χ4v) is 3.95. The van der Waals surface area contributed by atoms with Gasteiger partial charge in [-0.15, -0.1) is 0 Å². The summed E-state index contributed by atoms with van der Waals surface area (Å²) in [5.74, 6) is -0.360. The molecule has 1 fully saturated rings. The minimum absolute atomic E-state index is 0.0334. The van der Waals surface area contributed by atoms with Gasteiger partial charge in [-0.25, -0.2) is 13.1 Å². The Morgan fingerprint density at radius 3 is 2.23 bits per heavy atom. The molecule has 22 heavy (non-hydrogen) atoms. The van der Waals surface area contributed by atoms with E-state index in [1.165, 1.54) is 0 Å². The van der Waals surface area contributed by atoms with Gasteiger partial charge in [-0.1, -0.05) is 20.8 Å². The van der Waals surface area contributed by atoms with Gasteiger partial charge in [0, 0.05) is 18.1 Å². The lowest BCUT2D eigenvalue weighted by molar-refractivity contribution is -0.118. The Kier molecular flexibility index (Phi) is 7.28. The number of nitrogens with one attached hydrogen (secondary N) is 2. The van der Waals surface area contributed by atoms with Crippen LogP contribution in [0.4, 0.5) is 0 Å². The van der Waals surface area contributed by atoms with E-state index in [0.717, 1.165) is 38.5 Å². The molecule has 4 N–H and O–H groups in total. The van der Waals surface area contributed by atoms with Crippen molar-refractivity contribution in [2.75, 3.05) is 12.3 Å². The predicted octanol–water partition coefficient (Wildman–Crippen LogP) is 1.12. The molecule has 1 saturated carbocycles. The van der Waals surface area contributed by atoms with Crippen molar-refractivity contribution in [1.29, 1.82) is 0 Å². The van der Waals surface area contributed by atoms with Crippen molar-refractivity contribution < 1.29 is 13.2 Å². The first-order valence-electron chi connectivity index (χ1n) is 8.25. The van der Waals surface area contributed by atoms with Crippen molar-refractivity contribution in [3.8, 4) is 0 Å². The van der Waals surface area contributed by atoms with Crippen molar-refractivity contribution >= 4 is 15.9 Å². The molecule has 0 aromatic carbocycles. The van der Waals surface area contributed by atoms with E-state index in [1.54, 1.807) is 0 Å². The van der Waals surface area contributed by atoms with Gasteiger partial charge in [0.1, 0.15) is 5.75 Å². The molecule has 0 aliphatic heterocycles. The molecule has 0 spiro atoms. The Balaban J connectivity index is 2.42. The number of rotatable bonds is 8. The monoisotopic (exact) mass is 333 g/mol. The molecule has 1 aliphatic carbocycles. The maximum atomic E-state index is 12.1. The van der Waals surface area contributed by atoms with E-state index >= 15 is 0 Å². The van der Waals surface area contributed by atoms with E-state index in [2.05, 4.69) is 17.0 Å². The molecular weight excluding hydrogens is 302 g/mol. The zero-order valence-electron chi connectivity index (χ0n) is 14.0. The molecule has 0 aromatic rings. The molecule has 0 unspecified atom stereocenters. The minimum Gasteiger partial charge on any atom is -0.353 e. The Labute approximate surface area is 134 Å². The lowest BCUT2D eigenvalue weighted by atomic mass is 9.88.